The van der Waals surface area contributed by atoms with E-state index in [1.165, 1.54) is 0 Å². The van der Waals surface area contributed by atoms with E-state index in [2.05, 4.69) is 22.2 Å². The minimum Gasteiger partial charge on any atom is -0.399 e. The molecule has 3 aliphatic heterocycles. The first-order valence-corrected chi connectivity index (χ1v) is 16.8. The molecule has 1 N–H and O–H groups in total. The van der Waals surface area contributed by atoms with E-state index in [0.29, 0.717) is 40.3 Å². The molecule has 1 aromatic heterocycles. The van der Waals surface area contributed by atoms with E-state index >= 15 is 0 Å². The van der Waals surface area contributed by atoms with Crippen LogP contribution in [-0.4, -0.2) is 90.6 Å². The lowest BCUT2D eigenvalue weighted by Gasteiger charge is -2.32. The summed E-state index contributed by atoms with van der Waals surface area (Å²) in [4.78, 5) is 51.2. The molecule has 2 aromatic carbocycles. The average Bonchev–Trinajstić information content (AvgIpc) is 3.28. The molecule has 2 fully saturated rings. The molecule has 48 heavy (non-hydrogen) atoms. The molecule has 3 amide bonds. The lowest BCUT2D eigenvalue weighted by Crippen LogP contribution is -2.45. The fraction of sp³-hybridized carbons (Fsp3) is 0.459. The van der Waals surface area contributed by atoms with Crippen molar-refractivity contribution in [3.63, 3.8) is 0 Å². The van der Waals surface area contributed by atoms with Crippen molar-refractivity contribution in [1.29, 1.82) is 0 Å². The number of likely N-dealkylation sites (tertiary alicyclic amines) is 1. The van der Waals surface area contributed by atoms with Crippen molar-refractivity contribution in [1.82, 2.24) is 20.1 Å². The number of piperidine rings is 1. The van der Waals surface area contributed by atoms with E-state index in [9.17, 15) is 14.4 Å². The van der Waals surface area contributed by atoms with Crippen LogP contribution in [0.25, 0.3) is 11.1 Å². The zero-order valence-corrected chi connectivity index (χ0v) is 29.1. The Kier molecular flexibility index (Phi) is 9.23. The Morgan fingerprint density at radius 1 is 0.938 bits per heavy atom. The van der Waals surface area contributed by atoms with Crippen LogP contribution in [0, 0.1) is 5.92 Å². The number of likely N-dealkylation sites (N-methyl/N-ethyl adjacent to an activating group) is 1. The zero-order chi connectivity index (χ0) is 34.4. The van der Waals surface area contributed by atoms with E-state index < -0.39 is 24.4 Å². The molecule has 4 heterocycles. The molecule has 6 rings (SSSR count). The van der Waals surface area contributed by atoms with Gasteiger partial charge in [0.15, 0.2) is 0 Å². The van der Waals surface area contributed by atoms with E-state index in [-0.39, 0.29) is 24.3 Å². The number of amides is 3. The van der Waals surface area contributed by atoms with Crippen LogP contribution < -0.4 is 15.7 Å². The van der Waals surface area contributed by atoms with Crippen LogP contribution in [0.5, 0.6) is 0 Å². The SMILES string of the molecule is C[C@@H]1C(=O)N(C)c2cc(-c3ccncc3)ccc2C(=O)N1Cc1cc(B2OC(C)(C)C(C)(C)O2)cc(C(=O)NCC2CCN(C)CC2)c1. The number of carbonyl (C=O) groups excluding carboxylic acids is 3. The van der Waals surface area contributed by atoms with Gasteiger partial charge in [-0.1, -0.05) is 12.1 Å². The molecule has 252 valence electrons. The molecule has 0 unspecified atom stereocenters. The van der Waals surface area contributed by atoms with Gasteiger partial charge < -0.3 is 29.3 Å². The van der Waals surface area contributed by atoms with Gasteiger partial charge >= 0.3 is 7.12 Å². The predicted octanol–water partition coefficient (Wildman–Crippen LogP) is 4.13. The van der Waals surface area contributed by atoms with Gasteiger partial charge in [-0.15, -0.1) is 0 Å². The van der Waals surface area contributed by atoms with Crippen molar-refractivity contribution in [2.24, 2.45) is 5.92 Å². The first-order chi connectivity index (χ1) is 22.7. The quantitative estimate of drug-likeness (QED) is 0.384. The Balaban J connectivity index is 1.32. The summed E-state index contributed by atoms with van der Waals surface area (Å²) >= 11 is 0. The smallest absolute Gasteiger partial charge is 0.399 e. The first kappa shape index (κ1) is 33.8. The summed E-state index contributed by atoms with van der Waals surface area (Å²) in [5.74, 6) is -0.222. The molecule has 3 aromatic rings. The molecule has 3 aliphatic rings. The number of fused-ring (bicyclic) bond motifs is 1. The van der Waals surface area contributed by atoms with Crippen molar-refractivity contribution in [3.05, 3.63) is 77.6 Å². The van der Waals surface area contributed by atoms with Crippen molar-refractivity contribution < 1.29 is 23.7 Å². The van der Waals surface area contributed by atoms with Gasteiger partial charge in [-0.05, 0) is 132 Å². The van der Waals surface area contributed by atoms with Gasteiger partial charge in [0.05, 0.1) is 22.5 Å². The Labute approximate surface area is 283 Å². The van der Waals surface area contributed by atoms with Gasteiger partial charge in [-0.25, -0.2) is 0 Å². The number of nitrogens with zero attached hydrogens (tertiary/aromatic N) is 4. The highest BCUT2D eigenvalue weighted by atomic mass is 16.7. The summed E-state index contributed by atoms with van der Waals surface area (Å²) in [6.07, 6.45) is 5.51. The molecule has 0 radical (unpaired) electrons. The lowest BCUT2D eigenvalue weighted by atomic mass is 9.77. The fourth-order valence-electron chi connectivity index (χ4n) is 6.64. The van der Waals surface area contributed by atoms with E-state index in [1.807, 2.05) is 70.2 Å². The third kappa shape index (κ3) is 6.64. The monoisotopic (exact) mass is 651 g/mol. The maximum atomic E-state index is 14.2. The number of carbonyl (C=O) groups is 3. The zero-order valence-electron chi connectivity index (χ0n) is 29.1. The molecule has 11 heteroatoms. The molecule has 0 spiro atoms. The molecule has 2 saturated heterocycles. The van der Waals surface area contributed by atoms with Crippen molar-refractivity contribution >= 4 is 36.0 Å². The Morgan fingerprint density at radius 3 is 2.27 bits per heavy atom. The van der Waals surface area contributed by atoms with Crippen molar-refractivity contribution in [2.45, 2.75) is 71.2 Å². The number of aromatic nitrogens is 1. The van der Waals surface area contributed by atoms with E-state index in [4.69, 9.17) is 9.31 Å². The maximum absolute atomic E-state index is 14.2. The van der Waals surface area contributed by atoms with E-state index in [0.717, 1.165) is 37.1 Å². The van der Waals surface area contributed by atoms with Crippen LogP contribution >= 0.6 is 0 Å². The Hall–Kier alpha value is -4.06. The minimum absolute atomic E-state index is 0.119. The highest BCUT2D eigenvalue weighted by Crippen LogP contribution is 2.37. The molecule has 0 bridgehead atoms. The standard InChI is InChI=1S/C37H46BN5O5/c1-24-34(45)42(7)32-21-28(27-10-14-39-15-11-27)8-9-31(32)35(46)43(24)23-26-18-29(33(44)40-22-25-12-16-41(6)17-13-25)20-30(19-26)38-47-36(2,3)37(4,5)48-38/h8-11,14-15,18-21,24-25H,12-13,16-17,22-23H2,1-7H3,(H,40,44)/t24-/m1/s1. The second-order valence-corrected chi connectivity index (χ2v) is 14.5. The van der Waals surface area contributed by atoms with Crippen LogP contribution in [-0.2, 0) is 20.6 Å². The largest absolute Gasteiger partial charge is 0.494 e. The number of pyridine rings is 1. The highest BCUT2D eigenvalue weighted by molar-refractivity contribution is 6.62. The van der Waals surface area contributed by atoms with Gasteiger partial charge in [0.2, 0.25) is 5.91 Å². The summed E-state index contributed by atoms with van der Waals surface area (Å²) < 4.78 is 12.8. The van der Waals surface area contributed by atoms with Crippen LogP contribution in [0.1, 0.15) is 73.7 Å². The van der Waals surface area contributed by atoms with Gasteiger partial charge in [0, 0.05) is 38.1 Å². The summed E-state index contributed by atoms with van der Waals surface area (Å²) in [6, 6.07) is 14.1. The van der Waals surface area contributed by atoms with Crippen LogP contribution in [0.3, 0.4) is 0 Å². The van der Waals surface area contributed by atoms with Gasteiger partial charge in [0.1, 0.15) is 6.04 Å². The van der Waals surface area contributed by atoms with Crippen LogP contribution in [0.15, 0.2) is 60.9 Å². The van der Waals surface area contributed by atoms with Crippen molar-refractivity contribution in [3.8, 4) is 11.1 Å². The number of rotatable bonds is 7. The summed E-state index contributed by atoms with van der Waals surface area (Å²) in [5.41, 5.74) is 3.53. The van der Waals surface area contributed by atoms with Crippen molar-refractivity contribution in [2.75, 3.05) is 38.6 Å². The lowest BCUT2D eigenvalue weighted by molar-refractivity contribution is -0.122. The van der Waals surface area contributed by atoms with Gasteiger partial charge in [-0.3, -0.25) is 19.4 Å². The summed E-state index contributed by atoms with van der Waals surface area (Å²) in [5, 5.41) is 3.15. The molecule has 0 saturated carbocycles. The third-order valence-corrected chi connectivity index (χ3v) is 10.6. The average molecular weight is 652 g/mol. The molecule has 0 aliphatic carbocycles. The Bertz CT molecular complexity index is 1690. The van der Waals surface area contributed by atoms with Gasteiger partial charge in [-0.2, -0.15) is 0 Å². The molecular formula is C37H46BN5O5. The number of anilines is 1. The number of benzene rings is 2. The predicted molar refractivity (Wildman–Crippen MR) is 187 cm³/mol. The molecular weight excluding hydrogens is 605 g/mol. The van der Waals surface area contributed by atoms with E-state index in [1.54, 1.807) is 42.2 Å². The normalized spacial score (nSPS) is 21.3. The number of hydrogen-bond acceptors (Lipinski definition) is 7. The first-order valence-electron chi connectivity index (χ1n) is 16.8. The summed E-state index contributed by atoms with van der Waals surface area (Å²) in [6.45, 7) is 12.5. The van der Waals surface area contributed by atoms with Crippen LogP contribution in [0.2, 0.25) is 0 Å². The van der Waals surface area contributed by atoms with Crippen LogP contribution in [0.4, 0.5) is 5.69 Å². The number of nitrogens with one attached hydrogen (secondary N) is 1. The maximum Gasteiger partial charge on any atom is 0.494 e. The number of hydrogen-bond donors (Lipinski definition) is 1. The molecule has 10 nitrogen and oxygen atoms in total. The topological polar surface area (TPSA) is 104 Å². The molecule has 1 atom stereocenters. The van der Waals surface area contributed by atoms with Gasteiger partial charge in [0.25, 0.3) is 11.8 Å². The fourth-order valence-corrected chi connectivity index (χ4v) is 6.64. The Morgan fingerprint density at radius 2 is 1.60 bits per heavy atom. The third-order valence-electron chi connectivity index (χ3n) is 10.6. The second kappa shape index (κ2) is 13.1. The minimum atomic E-state index is -0.749. The summed E-state index contributed by atoms with van der Waals surface area (Å²) in [7, 11) is 3.13. The second-order valence-electron chi connectivity index (χ2n) is 14.5. The highest BCUT2D eigenvalue weighted by Gasteiger charge is 2.52.